The summed E-state index contributed by atoms with van der Waals surface area (Å²) in [6.45, 7) is 0.100. The Kier molecular flexibility index (Phi) is 4.21. The Morgan fingerprint density at radius 3 is 2.44 bits per heavy atom. The third-order valence-corrected chi connectivity index (χ3v) is 0.963. The Morgan fingerprint density at radius 1 is 1.56 bits per heavy atom. The van der Waals surface area contributed by atoms with Gasteiger partial charge in [-0.15, -0.1) is 0 Å². The van der Waals surface area contributed by atoms with Crippen LogP contribution in [-0.2, 0) is 4.79 Å². The molecule has 1 atom stereocenters. The monoisotopic (exact) mass is 132 g/mol. The summed E-state index contributed by atoms with van der Waals surface area (Å²) in [5.41, 5.74) is 10.0. The molecule has 0 aromatic carbocycles. The minimum Gasteiger partial charge on any atom is -0.391 e. The van der Waals surface area contributed by atoms with Crippen molar-refractivity contribution in [3.8, 4) is 0 Å². The summed E-state index contributed by atoms with van der Waals surface area (Å²) >= 11 is 0. The van der Waals surface area contributed by atoms with E-state index in [-0.39, 0.29) is 25.3 Å². The van der Waals surface area contributed by atoms with E-state index in [1.807, 2.05) is 0 Å². The molecule has 0 heterocycles. The number of rotatable bonds is 4. The second-order valence-electron chi connectivity index (χ2n) is 1.84. The predicted molar refractivity (Wildman–Crippen MR) is 33.7 cm³/mol. The van der Waals surface area contributed by atoms with Gasteiger partial charge in [-0.05, 0) is 0 Å². The normalized spacial score (nSPS) is 13.2. The van der Waals surface area contributed by atoms with Crippen molar-refractivity contribution in [2.24, 2.45) is 11.5 Å². The summed E-state index contributed by atoms with van der Waals surface area (Å²) in [6, 6.07) is 0. The van der Waals surface area contributed by atoms with Gasteiger partial charge in [-0.1, -0.05) is 0 Å². The molecule has 4 heteroatoms. The van der Waals surface area contributed by atoms with Crippen LogP contribution in [0.1, 0.15) is 6.42 Å². The molecule has 0 rings (SSSR count). The summed E-state index contributed by atoms with van der Waals surface area (Å²) in [5.74, 6) is -0.159. The summed E-state index contributed by atoms with van der Waals surface area (Å²) in [7, 11) is 0. The molecule has 0 aliphatic rings. The molecule has 0 radical (unpaired) electrons. The van der Waals surface area contributed by atoms with Gasteiger partial charge in [0.1, 0.15) is 5.78 Å². The van der Waals surface area contributed by atoms with Crippen LogP contribution in [0, 0.1) is 0 Å². The number of aliphatic hydroxyl groups is 1. The molecular formula is C5H12N2O2. The molecule has 0 aromatic rings. The van der Waals surface area contributed by atoms with Crippen LogP contribution < -0.4 is 11.5 Å². The van der Waals surface area contributed by atoms with Crippen LogP contribution >= 0.6 is 0 Å². The van der Waals surface area contributed by atoms with Gasteiger partial charge in [0.05, 0.1) is 12.6 Å². The predicted octanol–water partition coefficient (Wildman–Crippen LogP) is -1.78. The molecule has 0 fully saturated rings. The molecule has 0 aliphatic carbocycles. The Morgan fingerprint density at radius 2 is 2.11 bits per heavy atom. The maximum Gasteiger partial charge on any atom is 0.149 e. The number of carbonyl (C=O) groups excluding carboxylic acids is 1. The van der Waals surface area contributed by atoms with Crippen molar-refractivity contribution in [1.82, 2.24) is 0 Å². The highest BCUT2D eigenvalue weighted by Crippen LogP contribution is 1.87. The zero-order valence-electron chi connectivity index (χ0n) is 5.21. The average Bonchev–Trinajstić information content (AvgIpc) is 1.87. The molecule has 54 valence electrons. The molecule has 4 nitrogen and oxygen atoms in total. The van der Waals surface area contributed by atoms with Gasteiger partial charge in [0, 0.05) is 13.0 Å². The first-order valence-corrected chi connectivity index (χ1v) is 2.80. The lowest BCUT2D eigenvalue weighted by Gasteiger charge is -2.03. The maximum absolute atomic E-state index is 10.4. The Bertz CT molecular complexity index is 95.0. The zero-order chi connectivity index (χ0) is 7.28. The highest BCUT2D eigenvalue weighted by molar-refractivity contribution is 5.80. The highest BCUT2D eigenvalue weighted by Gasteiger charge is 2.05. The first-order valence-electron chi connectivity index (χ1n) is 2.80. The third kappa shape index (κ3) is 4.08. The number of Topliss-reactive ketones (excluding diaryl/α,β-unsaturated/α-hetero) is 1. The van der Waals surface area contributed by atoms with E-state index in [0.717, 1.165) is 0 Å². The van der Waals surface area contributed by atoms with E-state index < -0.39 is 6.10 Å². The quantitative estimate of drug-likeness (QED) is 0.422. The lowest BCUT2D eigenvalue weighted by atomic mass is 10.2. The molecule has 0 aromatic heterocycles. The number of aliphatic hydroxyl groups excluding tert-OH is 1. The fraction of sp³-hybridized carbons (Fsp3) is 0.800. The first-order chi connectivity index (χ1) is 4.20. The lowest BCUT2D eigenvalue weighted by Crippen LogP contribution is -2.26. The largest absolute Gasteiger partial charge is 0.391 e. The number of hydrogen-bond donors (Lipinski definition) is 3. The lowest BCUT2D eigenvalue weighted by molar-refractivity contribution is -0.119. The number of carbonyl (C=O) groups is 1. The zero-order valence-corrected chi connectivity index (χ0v) is 5.21. The SMILES string of the molecule is NCC(=O)CC(O)CN. The van der Waals surface area contributed by atoms with Gasteiger partial charge in [-0.25, -0.2) is 0 Å². The summed E-state index contributed by atoms with van der Waals surface area (Å²) < 4.78 is 0. The maximum atomic E-state index is 10.4. The average molecular weight is 132 g/mol. The number of nitrogens with two attached hydrogens (primary N) is 2. The fourth-order valence-electron chi connectivity index (χ4n) is 0.429. The number of ketones is 1. The highest BCUT2D eigenvalue weighted by atomic mass is 16.3. The Balaban J connectivity index is 3.34. The summed E-state index contributed by atoms with van der Waals surface area (Å²) in [6.07, 6.45) is -0.645. The molecule has 0 bridgehead atoms. The standard InChI is InChI=1S/C5H12N2O2/c6-2-4(8)1-5(9)3-7/h4,8H,1-3,6-7H2. The van der Waals surface area contributed by atoms with E-state index in [4.69, 9.17) is 16.6 Å². The van der Waals surface area contributed by atoms with E-state index in [9.17, 15) is 4.79 Å². The van der Waals surface area contributed by atoms with Gasteiger partial charge >= 0.3 is 0 Å². The topological polar surface area (TPSA) is 89.3 Å². The second-order valence-corrected chi connectivity index (χ2v) is 1.84. The van der Waals surface area contributed by atoms with Crippen molar-refractivity contribution in [2.75, 3.05) is 13.1 Å². The van der Waals surface area contributed by atoms with Gasteiger partial charge in [-0.2, -0.15) is 0 Å². The van der Waals surface area contributed by atoms with Gasteiger partial charge in [0.2, 0.25) is 0 Å². The van der Waals surface area contributed by atoms with Gasteiger partial charge in [-0.3, -0.25) is 4.79 Å². The van der Waals surface area contributed by atoms with Crippen LogP contribution in [0.5, 0.6) is 0 Å². The minimum atomic E-state index is -0.721. The molecule has 0 spiro atoms. The van der Waals surface area contributed by atoms with Crippen LogP contribution in [0.3, 0.4) is 0 Å². The van der Waals surface area contributed by atoms with Crippen LogP contribution in [0.15, 0.2) is 0 Å². The van der Waals surface area contributed by atoms with E-state index in [1.165, 1.54) is 0 Å². The van der Waals surface area contributed by atoms with Gasteiger partial charge in [0.15, 0.2) is 0 Å². The molecule has 0 amide bonds. The van der Waals surface area contributed by atoms with Crippen molar-refractivity contribution in [1.29, 1.82) is 0 Å². The molecule has 0 saturated carbocycles. The number of hydrogen-bond acceptors (Lipinski definition) is 4. The van der Waals surface area contributed by atoms with Crippen LogP contribution in [0.25, 0.3) is 0 Å². The Labute approximate surface area is 53.8 Å². The molecule has 0 aliphatic heterocycles. The van der Waals surface area contributed by atoms with Crippen molar-refractivity contribution in [3.63, 3.8) is 0 Å². The molecule has 5 N–H and O–H groups in total. The molecule has 1 unspecified atom stereocenters. The third-order valence-electron chi connectivity index (χ3n) is 0.963. The van der Waals surface area contributed by atoms with E-state index in [1.54, 1.807) is 0 Å². The molecular weight excluding hydrogens is 120 g/mol. The van der Waals surface area contributed by atoms with E-state index in [2.05, 4.69) is 0 Å². The second kappa shape index (κ2) is 4.43. The summed E-state index contributed by atoms with van der Waals surface area (Å²) in [5, 5.41) is 8.76. The fourth-order valence-corrected chi connectivity index (χ4v) is 0.429. The van der Waals surface area contributed by atoms with E-state index in [0.29, 0.717) is 0 Å². The van der Waals surface area contributed by atoms with Crippen molar-refractivity contribution >= 4 is 5.78 Å². The van der Waals surface area contributed by atoms with Crippen LogP contribution in [0.2, 0.25) is 0 Å². The molecule has 9 heavy (non-hydrogen) atoms. The molecule has 0 saturated heterocycles. The first kappa shape index (κ1) is 8.55. The van der Waals surface area contributed by atoms with Crippen molar-refractivity contribution in [2.45, 2.75) is 12.5 Å². The van der Waals surface area contributed by atoms with Crippen LogP contribution in [0.4, 0.5) is 0 Å². The van der Waals surface area contributed by atoms with Crippen molar-refractivity contribution in [3.05, 3.63) is 0 Å². The van der Waals surface area contributed by atoms with Gasteiger partial charge in [0.25, 0.3) is 0 Å². The van der Waals surface area contributed by atoms with Crippen molar-refractivity contribution < 1.29 is 9.90 Å². The van der Waals surface area contributed by atoms with Gasteiger partial charge < -0.3 is 16.6 Å². The summed E-state index contributed by atoms with van der Waals surface area (Å²) in [4.78, 5) is 10.4. The smallest absolute Gasteiger partial charge is 0.149 e. The minimum absolute atomic E-state index is 0.0168. The van der Waals surface area contributed by atoms with Crippen LogP contribution in [-0.4, -0.2) is 30.1 Å². The van der Waals surface area contributed by atoms with E-state index >= 15 is 0 Å². The Hall–Kier alpha value is -0.450.